The Morgan fingerprint density at radius 2 is 2.05 bits per heavy atom. The summed E-state index contributed by atoms with van der Waals surface area (Å²) in [5, 5.41) is 4.15. The van der Waals surface area contributed by atoms with Crippen molar-refractivity contribution in [1.29, 1.82) is 0 Å². The molecule has 0 aliphatic carbocycles. The number of carbonyl (C=O) groups excluding carboxylic acids is 2. The first-order valence-corrected chi connectivity index (χ1v) is 5.99. The molecule has 0 fully saturated rings. The fourth-order valence-electron chi connectivity index (χ4n) is 1.77. The molecule has 0 aromatic carbocycles. The van der Waals surface area contributed by atoms with Gasteiger partial charge in [-0.05, 0) is 19.9 Å². The average molecular weight is 277 g/mol. The van der Waals surface area contributed by atoms with Gasteiger partial charge in [0.05, 0.1) is 12.7 Å². The summed E-state index contributed by atoms with van der Waals surface area (Å²) in [7, 11) is 0. The second kappa shape index (κ2) is 5.25. The predicted molar refractivity (Wildman–Crippen MR) is 69.9 cm³/mol. The number of amides is 2. The Kier molecular flexibility index (Phi) is 3.66. The van der Waals surface area contributed by atoms with Crippen molar-refractivity contribution in [3.05, 3.63) is 29.2 Å². The molecule has 0 unspecified atom stereocenters. The molecule has 2 aromatic heterocycles. The van der Waals surface area contributed by atoms with E-state index in [2.05, 4.69) is 10.1 Å². The van der Waals surface area contributed by atoms with Crippen LogP contribution in [0.2, 0.25) is 0 Å². The van der Waals surface area contributed by atoms with Gasteiger partial charge in [-0.3, -0.25) is 9.59 Å². The highest BCUT2D eigenvalue weighted by molar-refractivity contribution is 6.01. The molecule has 0 spiro atoms. The number of nitrogens with two attached hydrogens (primary N) is 2. The SMILES string of the molecule is CC(C)OCc1nn2c(C(N)=O)ccnc2c1C(N)=O. The van der Waals surface area contributed by atoms with Crippen molar-refractivity contribution in [3.8, 4) is 0 Å². The van der Waals surface area contributed by atoms with Crippen LogP contribution < -0.4 is 11.5 Å². The lowest BCUT2D eigenvalue weighted by Crippen LogP contribution is -2.17. The van der Waals surface area contributed by atoms with E-state index >= 15 is 0 Å². The fourth-order valence-corrected chi connectivity index (χ4v) is 1.77. The topological polar surface area (TPSA) is 126 Å². The van der Waals surface area contributed by atoms with Gasteiger partial charge in [-0.25, -0.2) is 9.50 Å². The maximum atomic E-state index is 11.6. The summed E-state index contributed by atoms with van der Waals surface area (Å²) in [6.45, 7) is 3.80. The minimum absolute atomic E-state index is 0.0379. The van der Waals surface area contributed by atoms with Crippen molar-refractivity contribution in [3.63, 3.8) is 0 Å². The smallest absolute Gasteiger partial charge is 0.267 e. The van der Waals surface area contributed by atoms with Crippen LogP contribution in [0.1, 0.15) is 40.4 Å². The van der Waals surface area contributed by atoms with E-state index in [1.54, 1.807) is 0 Å². The molecular weight excluding hydrogens is 262 g/mol. The highest BCUT2D eigenvalue weighted by Crippen LogP contribution is 2.16. The van der Waals surface area contributed by atoms with Crippen LogP contribution in [0.25, 0.3) is 5.65 Å². The molecule has 0 saturated carbocycles. The van der Waals surface area contributed by atoms with Gasteiger partial charge in [0.15, 0.2) is 5.65 Å². The first-order chi connectivity index (χ1) is 9.41. The van der Waals surface area contributed by atoms with Gasteiger partial charge in [0.25, 0.3) is 11.8 Å². The van der Waals surface area contributed by atoms with Crippen molar-refractivity contribution in [2.24, 2.45) is 11.5 Å². The van der Waals surface area contributed by atoms with Crippen LogP contribution in [0.4, 0.5) is 0 Å². The molecule has 4 N–H and O–H groups in total. The standard InChI is InChI=1S/C12H15N5O3/c1-6(2)20-5-7-9(11(14)19)12-15-4-3-8(10(13)18)17(12)16-7/h3-4,6H,5H2,1-2H3,(H2,13,18)(H2,14,19). The van der Waals surface area contributed by atoms with Crippen LogP contribution in [-0.2, 0) is 11.3 Å². The number of hydrogen-bond acceptors (Lipinski definition) is 5. The summed E-state index contributed by atoms with van der Waals surface area (Å²) in [6.07, 6.45) is 1.33. The molecular formula is C12H15N5O3. The fraction of sp³-hybridized carbons (Fsp3) is 0.333. The summed E-state index contributed by atoms with van der Waals surface area (Å²) in [5.74, 6) is -1.36. The van der Waals surface area contributed by atoms with E-state index in [0.29, 0.717) is 5.69 Å². The van der Waals surface area contributed by atoms with Crippen LogP contribution in [0.5, 0.6) is 0 Å². The maximum Gasteiger partial charge on any atom is 0.267 e. The van der Waals surface area contributed by atoms with E-state index < -0.39 is 11.8 Å². The maximum absolute atomic E-state index is 11.6. The van der Waals surface area contributed by atoms with E-state index in [4.69, 9.17) is 16.2 Å². The predicted octanol–water partition coefficient (Wildman–Crippen LogP) is -0.148. The Balaban J connectivity index is 2.62. The molecule has 8 nitrogen and oxygen atoms in total. The molecule has 0 bridgehead atoms. The second-order valence-corrected chi connectivity index (χ2v) is 4.48. The average Bonchev–Trinajstić information content (AvgIpc) is 2.73. The minimum Gasteiger partial charge on any atom is -0.372 e. The van der Waals surface area contributed by atoms with E-state index in [1.165, 1.54) is 16.8 Å². The van der Waals surface area contributed by atoms with Gasteiger partial charge in [-0.15, -0.1) is 0 Å². The van der Waals surface area contributed by atoms with Crippen molar-refractivity contribution >= 4 is 17.5 Å². The van der Waals surface area contributed by atoms with Crippen LogP contribution in [0.15, 0.2) is 12.3 Å². The van der Waals surface area contributed by atoms with Gasteiger partial charge >= 0.3 is 0 Å². The van der Waals surface area contributed by atoms with E-state index in [-0.39, 0.29) is 29.6 Å². The number of aromatic nitrogens is 3. The van der Waals surface area contributed by atoms with E-state index in [9.17, 15) is 9.59 Å². The summed E-state index contributed by atoms with van der Waals surface area (Å²) in [6, 6.07) is 1.42. The zero-order valence-electron chi connectivity index (χ0n) is 11.2. The normalized spacial score (nSPS) is 11.2. The Morgan fingerprint density at radius 3 is 2.60 bits per heavy atom. The van der Waals surface area contributed by atoms with Crippen LogP contribution in [0.3, 0.4) is 0 Å². The highest BCUT2D eigenvalue weighted by atomic mass is 16.5. The van der Waals surface area contributed by atoms with Gasteiger partial charge in [0, 0.05) is 6.20 Å². The third kappa shape index (κ3) is 2.45. The summed E-state index contributed by atoms with van der Waals surface area (Å²) in [5.41, 5.74) is 11.4. The monoisotopic (exact) mass is 277 g/mol. The number of fused-ring (bicyclic) bond motifs is 1. The molecule has 0 aliphatic rings. The second-order valence-electron chi connectivity index (χ2n) is 4.48. The summed E-state index contributed by atoms with van der Waals surface area (Å²) >= 11 is 0. The number of nitrogens with zero attached hydrogens (tertiary/aromatic N) is 3. The Labute approximate surface area is 114 Å². The minimum atomic E-state index is -0.684. The summed E-state index contributed by atoms with van der Waals surface area (Å²) in [4.78, 5) is 27.0. The van der Waals surface area contributed by atoms with Gasteiger partial charge in [-0.1, -0.05) is 0 Å². The third-order valence-corrected chi connectivity index (χ3v) is 2.64. The molecule has 0 aliphatic heterocycles. The lowest BCUT2D eigenvalue weighted by atomic mass is 10.2. The van der Waals surface area contributed by atoms with Gasteiger partial charge in [-0.2, -0.15) is 5.10 Å². The van der Waals surface area contributed by atoms with Gasteiger partial charge < -0.3 is 16.2 Å². The molecule has 2 amide bonds. The van der Waals surface area contributed by atoms with Crippen LogP contribution in [-0.4, -0.2) is 32.5 Å². The Bertz CT molecular complexity index is 677. The van der Waals surface area contributed by atoms with Crippen LogP contribution >= 0.6 is 0 Å². The van der Waals surface area contributed by atoms with E-state index in [1.807, 2.05) is 13.8 Å². The molecule has 2 rings (SSSR count). The Hall–Kier alpha value is -2.48. The van der Waals surface area contributed by atoms with Crippen LogP contribution in [0, 0.1) is 0 Å². The van der Waals surface area contributed by atoms with Crippen molar-refractivity contribution in [2.45, 2.75) is 26.6 Å². The molecule has 106 valence electrons. The molecule has 0 atom stereocenters. The molecule has 8 heteroatoms. The zero-order valence-corrected chi connectivity index (χ0v) is 11.2. The molecule has 2 heterocycles. The van der Waals surface area contributed by atoms with E-state index in [0.717, 1.165) is 0 Å². The van der Waals surface area contributed by atoms with Crippen molar-refractivity contribution in [2.75, 3.05) is 0 Å². The number of primary amides is 2. The molecule has 0 saturated heterocycles. The van der Waals surface area contributed by atoms with Gasteiger partial charge in [0.2, 0.25) is 0 Å². The first-order valence-electron chi connectivity index (χ1n) is 5.99. The molecule has 20 heavy (non-hydrogen) atoms. The quantitative estimate of drug-likeness (QED) is 0.786. The number of ether oxygens (including phenoxy) is 1. The van der Waals surface area contributed by atoms with Crippen molar-refractivity contribution in [1.82, 2.24) is 14.6 Å². The number of hydrogen-bond donors (Lipinski definition) is 2. The number of carbonyl (C=O) groups is 2. The lowest BCUT2D eigenvalue weighted by Gasteiger charge is -2.05. The highest BCUT2D eigenvalue weighted by Gasteiger charge is 2.21. The molecule has 0 radical (unpaired) electrons. The van der Waals surface area contributed by atoms with Crippen molar-refractivity contribution < 1.29 is 14.3 Å². The lowest BCUT2D eigenvalue weighted by molar-refractivity contribution is 0.0625. The largest absolute Gasteiger partial charge is 0.372 e. The first kappa shape index (κ1) is 13.9. The zero-order chi connectivity index (χ0) is 14.9. The number of rotatable bonds is 5. The summed E-state index contributed by atoms with van der Waals surface area (Å²) < 4.78 is 6.63. The molecule has 2 aromatic rings. The third-order valence-electron chi connectivity index (χ3n) is 2.64. The Morgan fingerprint density at radius 1 is 1.35 bits per heavy atom. The van der Waals surface area contributed by atoms with Gasteiger partial charge in [0.1, 0.15) is 17.0 Å².